The summed E-state index contributed by atoms with van der Waals surface area (Å²) in [6.07, 6.45) is 7.91. The molecular weight excluding hydrogens is 291 g/mol. The van der Waals surface area contributed by atoms with Gasteiger partial charge in [-0.2, -0.15) is 0 Å². The fourth-order valence-electron chi connectivity index (χ4n) is 5.67. The topological polar surface area (TPSA) is 32.3 Å². The number of nitrogens with one attached hydrogen (secondary N) is 1. The number of rotatable bonds is 4. The van der Waals surface area contributed by atoms with Crippen LogP contribution in [0.4, 0.5) is 10.1 Å². The minimum Gasteiger partial charge on any atom is -0.322 e. The van der Waals surface area contributed by atoms with E-state index < -0.39 is 0 Å². The third-order valence-corrected chi connectivity index (χ3v) is 6.34. The van der Waals surface area contributed by atoms with Gasteiger partial charge in [0, 0.05) is 5.54 Å². The van der Waals surface area contributed by atoms with Crippen molar-refractivity contribution in [3.8, 4) is 0 Å². The van der Waals surface area contributed by atoms with E-state index in [1.165, 1.54) is 44.6 Å². The number of amides is 1. The quantitative estimate of drug-likeness (QED) is 0.919. The van der Waals surface area contributed by atoms with Gasteiger partial charge in [-0.3, -0.25) is 9.69 Å². The van der Waals surface area contributed by atoms with Gasteiger partial charge in [-0.15, -0.1) is 0 Å². The highest BCUT2D eigenvalue weighted by Crippen LogP contribution is 2.57. The Balaban J connectivity index is 1.43. The monoisotopic (exact) mass is 316 g/mol. The number of anilines is 1. The van der Waals surface area contributed by atoms with Gasteiger partial charge in [-0.25, -0.2) is 4.39 Å². The van der Waals surface area contributed by atoms with E-state index in [0.29, 0.717) is 6.54 Å². The van der Waals surface area contributed by atoms with Crippen molar-refractivity contribution in [2.75, 3.05) is 18.9 Å². The van der Waals surface area contributed by atoms with Gasteiger partial charge in [-0.1, -0.05) is 12.1 Å². The second kappa shape index (κ2) is 5.59. The van der Waals surface area contributed by atoms with E-state index >= 15 is 0 Å². The molecule has 1 aromatic carbocycles. The van der Waals surface area contributed by atoms with Crippen LogP contribution in [0.3, 0.4) is 0 Å². The number of hydrogen-bond acceptors (Lipinski definition) is 2. The van der Waals surface area contributed by atoms with Crippen LogP contribution >= 0.6 is 0 Å². The normalized spacial score (nSPS) is 34.8. The molecule has 0 unspecified atom stereocenters. The van der Waals surface area contributed by atoms with Gasteiger partial charge in [0.1, 0.15) is 5.82 Å². The van der Waals surface area contributed by atoms with Gasteiger partial charge in [0.05, 0.1) is 12.2 Å². The number of halogens is 1. The third-order valence-electron chi connectivity index (χ3n) is 6.34. The first-order valence-electron chi connectivity index (χ1n) is 8.80. The highest BCUT2D eigenvalue weighted by atomic mass is 19.1. The van der Waals surface area contributed by atoms with Crippen molar-refractivity contribution in [1.29, 1.82) is 0 Å². The Hall–Kier alpha value is -1.42. The van der Waals surface area contributed by atoms with Gasteiger partial charge >= 0.3 is 0 Å². The summed E-state index contributed by atoms with van der Waals surface area (Å²) in [6.45, 7) is 0.348. The fraction of sp³-hybridized carbons (Fsp3) is 0.632. The van der Waals surface area contributed by atoms with Gasteiger partial charge in [0.15, 0.2) is 0 Å². The molecule has 124 valence electrons. The lowest BCUT2D eigenvalue weighted by atomic mass is 9.52. The summed E-state index contributed by atoms with van der Waals surface area (Å²) >= 11 is 0. The molecule has 5 rings (SSSR count). The molecule has 4 aliphatic rings. The maximum atomic E-state index is 13.7. The lowest BCUT2D eigenvalue weighted by molar-refractivity contribution is -0.123. The smallest absolute Gasteiger partial charge is 0.238 e. The Bertz CT molecular complexity index is 580. The number of nitrogens with zero attached hydrogens (tertiary/aromatic N) is 1. The number of benzene rings is 1. The lowest BCUT2D eigenvalue weighted by Gasteiger charge is -2.59. The predicted molar refractivity (Wildman–Crippen MR) is 88.6 cm³/mol. The van der Waals surface area contributed by atoms with Crippen molar-refractivity contribution in [3.63, 3.8) is 0 Å². The van der Waals surface area contributed by atoms with Crippen molar-refractivity contribution in [2.45, 2.75) is 44.1 Å². The molecule has 0 atom stereocenters. The number of carbonyl (C=O) groups excluding carboxylic acids is 1. The molecule has 1 N–H and O–H groups in total. The highest BCUT2D eigenvalue weighted by molar-refractivity contribution is 5.92. The zero-order valence-corrected chi connectivity index (χ0v) is 13.7. The van der Waals surface area contributed by atoms with Crippen molar-refractivity contribution < 1.29 is 9.18 Å². The molecule has 0 spiro atoms. The lowest BCUT2D eigenvalue weighted by Crippen LogP contribution is -2.59. The van der Waals surface area contributed by atoms with Crippen LogP contribution in [0.1, 0.15) is 38.5 Å². The number of likely N-dealkylation sites (N-methyl/N-ethyl adjacent to an activating group) is 1. The van der Waals surface area contributed by atoms with Crippen LogP contribution in [0.2, 0.25) is 0 Å². The Labute approximate surface area is 137 Å². The summed E-state index contributed by atoms with van der Waals surface area (Å²) < 4.78 is 13.7. The van der Waals surface area contributed by atoms with E-state index in [1.54, 1.807) is 18.2 Å². The Morgan fingerprint density at radius 1 is 1.17 bits per heavy atom. The van der Waals surface area contributed by atoms with Gasteiger partial charge in [0.2, 0.25) is 5.91 Å². The van der Waals surface area contributed by atoms with Crippen LogP contribution in [0, 0.1) is 23.6 Å². The molecule has 0 aromatic heterocycles. The number of carbonyl (C=O) groups is 1. The van der Waals surface area contributed by atoms with E-state index in [0.717, 1.165) is 17.8 Å². The zero-order chi connectivity index (χ0) is 16.0. The predicted octanol–water partition coefficient (Wildman–Crippen LogP) is 3.66. The van der Waals surface area contributed by atoms with Gasteiger partial charge in [-0.05, 0) is 75.5 Å². The van der Waals surface area contributed by atoms with Gasteiger partial charge in [0.25, 0.3) is 0 Å². The number of hydrogen-bond donors (Lipinski definition) is 1. The molecule has 4 saturated carbocycles. The summed E-state index contributed by atoms with van der Waals surface area (Å²) in [6, 6.07) is 6.35. The maximum Gasteiger partial charge on any atom is 0.238 e. The van der Waals surface area contributed by atoms with E-state index in [9.17, 15) is 9.18 Å². The molecule has 0 aliphatic heterocycles. The summed E-state index contributed by atoms with van der Waals surface area (Å²) in [7, 11) is 2.08. The second-order valence-electron chi connectivity index (χ2n) is 8.03. The zero-order valence-electron chi connectivity index (χ0n) is 13.7. The minimum absolute atomic E-state index is 0.117. The summed E-state index contributed by atoms with van der Waals surface area (Å²) in [5.74, 6) is 2.08. The van der Waals surface area contributed by atoms with Crippen molar-refractivity contribution in [3.05, 3.63) is 30.1 Å². The molecule has 4 heteroatoms. The fourth-order valence-corrected chi connectivity index (χ4v) is 5.67. The molecule has 4 bridgehead atoms. The molecular formula is C19H25FN2O. The molecule has 3 nitrogen and oxygen atoms in total. The molecule has 0 saturated heterocycles. The summed E-state index contributed by atoms with van der Waals surface area (Å²) in [5, 5.41) is 2.72. The van der Waals surface area contributed by atoms with Crippen LogP contribution in [-0.4, -0.2) is 29.9 Å². The minimum atomic E-state index is -0.377. The average molecular weight is 316 g/mol. The van der Waals surface area contributed by atoms with Crippen LogP contribution in [0.15, 0.2) is 24.3 Å². The average Bonchev–Trinajstić information content (AvgIpc) is 2.48. The Morgan fingerprint density at radius 2 is 1.74 bits per heavy atom. The van der Waals surface area contributed by atoms with Crippen molar-refractivity contribution in [2.24, 2.45) is 17.8 Å². The molecule has 4 aliphatic carbocycles. The molecule has 0 radical (unpaired) electrons. The molecule has 23 heavy (non-hydrogen) atoms. The first-order valence-corrected chi connectivity index (χ1v) is 8.80. The third kappa shape index (κ3) is 2.78. The number of para-hydroxylation sites is 1. The van der Waals surface area contributed by atoms with Crippen LogP contribution in [0.25, 0.3) is 0 Å². The largest absolute Gasteiger partial charge is 0.322 e. The van der Waals surface area contributed by atoms with Crippen molar-refractivity contribution in [1.82, 2.24) is 4.90 Å². The maximum absolute atomic E-state index is 13.7. The van der Waals surface area contributed by atoms with E-state index in [-0.39, 0.29) is 23.0 Å². The van der Waals surface area contributed by atoms with Gasteiger partial charge < -0.3 is 5.32 Å². The van der Waals surface area contributed by atoms with E-state index in [2.05, 4.69) is 17.3 Å². The summed E-state index contributed by atoms with van der Waals surface area (Å²) in [4.78, 5) is 14.6. The Kier molecular flexibility index (Phi) is 3.67. The molecule has 0 heterocycles. The molecule has 1 aromatic rings. The van der Waals surface area contributed by atoms with Crippen LogP contribution in [-0.2, 0) is 4.79 Å². The highest BCUT2D eigenvalue weighted by Gasteiger charge is 2.52. The molecule has 4 fully saturated rings. The van der Waals surface area contributed by atoms with Crippen molar-refractivity contribution >= 4 is 11.6 Å². The Morgan fingerprint density at radius 3 is 2.30 bits per heavy atom. The molecule has 1 amide bonds. The first-order chi connectivity index (χ1) is 11.0. The van der Waals surface area contributed by atoms with E-state index in [4.69, 9.17) is 0 Å². The van der Waals surface area contributed by atoms with E-state index in [1.807, 2.05) is 0 Å². The van der Waals surface area contributed by atoms with Crippen LogP contribution < -0.4 is 5.32 Å². The SMILES string of the molecule is CN(CC(=O)Nc1ccccc1F)C12CC3CC(CC(C3)C1)C2. The second-order valence-corrected chi connectivity index (χ2v) is 8.03. The summed E-state index contributed by atoms with van der Waals surface area (Å²) in [5.41, 5.74) is 0.484. The first kappa shape index (κ1) is 15.1. The van der Waals surface area contributed by atoms with Crippen LogP contribution in [0.5, 0.6) is 0 Å². The standard InChI is InChI=1S/C19H25FN2O/c1-22(12-18(23)21-17-5-3-2-4-16(17)20)19-9-13-6-14(10-19)8-15(7-13)11-19/h2-5,13-15H,6-12H2,1H3,(H,21,23).